The van der Waals surface area contributed by atoms with Crippen molar-refractivity contribution in [2.45, 2.75) is 32.4 Å². The van der Waals surface area contributed by atoms with Crippen molar-refractivity contribution in [3.05, 3.63) is 96.2 Å². The van der Waals surface area contributed by atoms with Crippen LogP contribution in [0.1, 0.15) is 37.0 Å². The Morgan fingerprint density at radius 3 is 2.45 bits per heavy atom. The number of nitrogens with zero attached hydrogens (tertiary/aromatic N) is 4. The fraction of sp³-hybridized carbons (Fsp3) is 0.281. The average molecular weight is 536 g/mol. The highest BCUT2D eigenvalue weighted by atomic mass is 16.5. The van der Waals surface area contributed by atoms with Crippen LogP contribution >= 0.6 is 0 Å². The van der Waals surface area contributed by atoms with Crippen LogP contribution in [-0.4, -0.2) is 36.1 Å². The van der Waals surface area contributed by atoms with Gasteiger partial charge in [-0.3, -0.25) is 9.69 Å². The molecule has 8 nitrogen and oxygen atoms in total. The summed E-state index contributed by atoms with van der Waals surface area (Å²) < 4.78 is 11.9. The van der Waals surface area contributed by atoms with Crippen LogP contribution in [0.4, 0.5) is 23.1 Å². The number of carbonyl (C=O) groups is 1. The Balaban J connectivity index is 1.30. The van der Waals surface area contributed by atoms with Gasteiger partial charge in [-0.15, -0.1) is 0 Å². The second kappa shape index (κ2) is 11.3. The minimum absolute atomic E-state index is 0.176. The molecule has 3 heterocycles. The van der Waals surface area contributed by atoms with Crippen molar-refractivity contribution >= 4 is 29.0 Å². The first-order chi connectivity index (χ1) is 19.6. The van der Waals surface area contributed by atoms with Gasteiger partial charge in [0.05, 0.1) is 25.5 Å². The maximum atomic E-state index is 13.8. The SMILES string of the molecule is COc1cc(N2CCC(C)CC2)ccc1Nc1ncc2c(n1)N(Cc1ccccc1)C(=O)C(c1ccccc1)O2. The van der Waals surface area contributed by atoms with Crippen molar-refractivity contribution in [2.24, 2.45) is 5.92 Å². The second-order valence-corrected chi connectivity index (χ2v) is 10.4. The molecule has 6 rings (SSSR count). The molecular formula is C32H33N5O3. The van der Waals surface area contributed by atoms with E-state index in [1.54, 1.807) is 18.2 Å². The highest BCUT2D eigenvalue weighted by molar-refractivity contribution is 5.99. The van der Waals surface area contributed by atoms with Crippen LogP contribution < -0.4 is 24.6 Å². The maximum absolute atomic E-state index is 13.8. The van der Waals surface area contributed by atoms with Crippen LogP contribution in [0.15, 0.2) is 85.1 Å². The molecule has 40 heavy (non-hydrogen) atoms. The van der Waals surface area contributed by atoms with Crippen LogP contribution in [0, 0.1) is 5.92 Å². The normalized spacial score (nSPS) is 17.2. The number of hydrogen-bond donors (Lipinski definition) is 1. The van der Waals surface area contributed by atoms with Gasteiger partial charge in [0.25, 0.3) is 5.91 Å². The van der Waals surface area contributed by atoms with Gasteiger partial charge >= 0.3 is 0 Å². The number of ether oxygens (including phenoxy) is 2. The molecule has 1 saturated heterocycles. The largest absolute Gasteiger partial charge is 0.494 e. The van der Waals surface area contributed by atoms with Crippen LogP contribution in [-0.2, 0) is 11.3 Å². The number of piperidine rings is 1. The minimum atomic E-state index is -0.773. The predicted octanol–water partition coefficient (Wildman–Crippen LogP) is 6.13. The van der Waals surface area contributed by atoms with Gasteiger partial charge in [0.2, 0.25) is 12.1 Å². The van der Waals surface area contributed by atoms with Gasteiger partial charge in [-0.1, -0.05) is 67.6 Å². The van der Waals surface area contributed by atoms with Crippen LogP contribution in [0.5, 0.6) is 11.5 Å². The van der Waals surface area contributed by atoms with E-state index in [2.05, 4.69) is 34.3 Å². The first kappa shape index (κ1) is 25.7. The standard InChI is InChI=1S/C32H33N5O3/c1-22-15-17-36(18-16-22)25-13-14-26(27(19-25)39-2)34-32-33-20-28-30(35-32)37(21-23-9-5-3-6-10-23)31(38)29(40-28)24-11-7-4-8-12-24/h3-14,19-20,22,29H,15-18,21H2,1-2H3,(H,33,34,35). The lowest BCUT2D eigenvalue weighted by atomic mass is 9.99. The molecule has 204 valence electrons. The molecule has 8 heteroatoms. The fourth-order valence-corrected chi connectivity index (χ4v) is 5.25. The highest BCUT2D eigenvalue weighted by Crippen LogP contribution is 2.39. The number of rotatable bonds is 7. The minimum Gasteiger partial charge on any atom is -0.494 e. The molecule has 2 aliphatic rings. The molecule has 0 saturated carbocycles. The molecule has 1 amide bonds. The zero-order chi connectivity index (χ0) is 27.5. The van der Waals surface area contributed by atoms with E-state index in [4.69, 9.17) is 14.5 Å². The van der Waals surface area contributed by atoms with Crippen LogP contribution in [0.3, 0.4) is 0 Å². The van der Waals surface area contributed by atoms with Gasteiger partial charge in [0.1, 0.15) is 5.75 Å². The number of hydrogen-bond acceptors (Lipinski definition) is 7. The first-order valence-electron chi connectivity index (χ1n) is 13.7. The van der Waals surface area contributed by atoms with Crippen molar-refractivity contribution in [3.63, 3.8) is 0 Å². The molecule has 1 atom stereocenters. The quantitative estimate of drug-likeness (QED) is 0.305. The Morgan fingerprint density at radius 2 is 1.73 bits per heavy atom. The molecule has 1 N–H and O–H groups in total. The van der Waals surface area contributed by atoms with Crippen molar-refractivity contribution in [3.8, 4) is 11.5 Å². The molecule has 0 aliphatic carbocycles. The predicted molar refractivity (Wildman–Crippen MR) is 156 cm³/mol. The number of anilines is 4. The molecule has 1 unspecified atom stereocenters. The Labute approximate surface area is 234 Å². The number of benzene rings is 3. The summed E-state index contributed by atoms with van der Waals surface area (Å²) in [5, 5.41) is 3.29. The summed E-state index contributed by atoms with van der Waals surface area (Å²) >= 11 is 0. The third kappa shape index (κ3) is 5.30. The lowest BCUT2D eigenvalue weighted by molar-refractivity contribution is -0.126. The monoisotopic (exact) mass is 535 g/mol. The fourth-order valence-electron chi connectivity index (χ4n) is 5.25. The Hall–Kier alpha value is -4.59. The number of methoxy groups -OCH3 is 1. The van der Waals surface area contributed by atoms with E-state index < -0.39 is 6.10 Å². The molecule has 0 radical (unpaired) electrons. The van der Waals surface area contributed by atoms with Crippen molar-refractivity contribution < 1.29 is 14.3 Å². The summed E-state index contributed by atoms with van der Waals surface area (Å²) in [7, 11) is 1.66. The van der Waals surface area contributed by atoms with Gasteiger partial charge in [0, 0.05) is 30.4 Å². The van der Waals surface area contributed by atoms with E-state index in [-0.39, 0.29) is 5.91 Å². The molecule has 3 aromatic carbocycles. The topological polar surface area (TPSA) is 79.8 Å². The molecule has 2 aliphatic heterocycles. The van der Waals surface area contributed by atoms with Gasteiger partial charge in [-0.2, -0.15) is 4.98 Å². The van der Waals surface area contributed by atoms with Crippen LogP contribution in [0.2, 0.25) is 0 Å². The number of amides is 1. The molecule has 4 aromatic rings. The zero-order valence-electron chi connectivity index (χ0n) is 22.8. The Kier molecular flexibility index (Phi) is 7.23. The molecule has 0 spiro atoms. The zero-order valence-corrected chi connectivity index (χ0v) is 22.8. The summed E-state index contributed by atoms with van der Waals surface area (Å²) in [4.78, 5) is 27.1. The maximum Gasteiger partial charge on any atom is 0.274 e. The third-order valence-electron chi connectivity index (χ3n) is 7.59. The number of carbonyl (C=O) groups excluding carboxylic acids is 1. The second-order valence-electron chi connectivity index (χ2n) is 10.4. The van der Waals surface area contributed by atoms with Gasteiger partial charge in [-0.25, -0.2) is 4.98 Å². The van der Waals surface area contributed by atoms with Gasteiger partial charge < -0.3 is 19.7 Å². The van der Waals surface area contributed by atoms with Gasteiger partial charge in [-0.05, 0) is 36.5 Å². The van der Waals surface area contributed by atoms with E-state index in [9.17, 15) is 4.79 Å². The lowest BCUT2D eigenvalue weighted by Gasteiger charge is -2.33. The number of aromatic nitrogens is 2. The molecule has 1 fully saturated rings. The van der Waals surface area contributed by atoms with Crippen molar-refractivity contribution in [1.82, 2.24) is 9.97 Å². The summed E-state index contributed by atoms with van der Waals surface area (Å²) in [5.74, 6) is 2.53. The number of nitrogens with one attached hydrogen (secondary N) is 1. The highest BCUT2D eigenvalue weighted by Gasteiger charge is 2.37. The lowest BCUT2D eigenvalue weighted by Crippen LogP contribution is -2.41. The van der Waals surface area contributed by atoms with E-state index >= 15 is 0 Å². The third-order valence-corrected chi connectivity index (χ3v) is 7.59. The average Bonchev–Trinajstić information content (AvgIpc) is 3.00. The Morgan fingerprint density at radius 1 is 1.00 bits per heavy atom. The Bertz CT molecular complexity index is 1470. The van der Waals surface area contributed by atoms with E-state index in [0.717, 1.165) is 41.5 Å². The summed E-state index contributed by atoms with van der Waals surface area (Å²) in [6.07, 6.45) is 3.24. The van der Waals surface area contributed by atoms with Crippen LogP contribution in [0.25, 0.3) is 0 Å². The number of fused-ring (bicyclic) bond motifs is 1. The van der Waals surface area contributed by atoms with E-state index in [0.29, 0.717) is 29.8 Å². The molecule has 1 aromatic heterocycles. The summed E-state index contributed by atoms with van der Waals surface area (Å²) in [6, 6.07) is 25.5. The summed E-state index contributed by atoms with van der Waals surface area (Å²) in [5.41, 5.74) is 3.66. The smallest absolute Gasteiger partial charge is 0.274 e. The van der Waals surface area contributed by atoms with E-state index in [1.165, 1.54) is 12.8 Å². The summed E-state index contributed by atoms with van der Waals surface area (Å²) in [6.45, 7) is 4.76. The van der Waals surface area contributed by atoms with Gasteiger partial charge in [0.15, 0.2) is 11.6 Å². The molecule has 0 bridgehead atoms. The van der Waals surface area contributed by atoms with Crippen molar-refractivity contribution in [1.29, 1.82) is 0 Å². The van der Waals surface area contributed by atoms with Crippen molar-refractivity contribution in [2.75, 3.05) is 35.3 Å². The first-order valence-corrected chi connectivity index (χ1v) is 13.7. The molecular weight excluding hydrogens is 502 g/mol. The van der Waals surface area contributed by atoms with E-state index in [1.807, 2.05) is 66.7 Å².